The van der Waals surface area contributed by atoms with E-state index >= 15 is 0 Å². The summed E-state index contributed by atoms with van der Waals surface area (Å²) in [6, 6.07) is 28.9. The molecule has 26 heteroatoms. The number of likely N-dealkylation sites (tertiary alicyclic amines) is 2. The molecule has 10 aliphatic rings. The predicted octanol–water partition coefficient (Wildman–Crippen LogP) is 2.04. The number of nitrogens with zero attached hydrogens (tertiary/aromatic N) is 6. The van der Waals surface area contributed by atoms with Crippen LogP contribution in [-0.2, 0) is 73.5 Å². The van der Waals surface area contributed by atoms with E-state index in [-0.39, 0.29) is 72.2 Å². The second-order valence-corrected chi connectivity index (χ2v) is 27.9. The molecule has 8 aliphatic heterocycles. The quantitative estimate of drug-likeness (QED) is 0.0887. The number of fused-ring (bicyclic) bond motifs is 10. The van der Waals surface area contributed by atoms with Crippen LogP contribution in [0.5, 0.6) is 0 Å². The van der Waals surface area contributed by atoms with Crippen LogP contribution in [0.15, 0.2) is 109 Å². The molecule has 0 saturated carbocycles. The molecule has 16 rings (SSSR count). The van der Waals surface area contributed by atoms with Gasteiger partial charge in [-0.05, 0) is 125 Å². The number of aromatic nitrogens is 2. The zero-order chi connectivity index (χ0) is 67.7. The van der Waals surface area contributed by atoms with Gasteiger partial charge in [-0.2, -0.15) is 0 Å². The minimum atomic E-state index is -2.27. The average molecular weight is 1320 g/mol. The molecule has 0 radical (unpaired) electrons. The van der Waals surface area contributed by atoms with Gasteiger partial charge < -0.3 is 70.8 Å². The summed E-state index contributed by atoms with van der Waals surface area (Å²) < 4.78 is 12.5. The van der Waals surface area contributed by atoms with Crippen LogP contribution < -0.4 is 10.6 Å². The number of aromatic amines is 2. The third-order valence-electron chi connectivity index (χ3n) is 22.1. The maximum atomic E-state index is 14.2. The Morgan fingerprint density at radius 3 is 1.33 bits per heavy atom. The van der Waals surface area contributed by atoms with Crippen molar-refractivity contribution in [2.45, 2.75) is 162 Å². The van der Waals surface area contributed by atoms with E-state index in [1.165, 1.54) is 56.7 Å². The van der Waals surface area contributed by atoms with Crippen molar-refractivity contribution in [3.8, 4) is 0 Å². The molecule has 10 N–H and O–H groups in total. The number of benzene rings is 4. The third-order valence-corrected chi connectivity index (χ3v) is 22.1. The number of hydrogen-bond donors (Lipinski definition) is 10. The van der Waals surface area contributed by atoms with E-state index in [9.17, 15) is 48.6 Å². The monoisotopic (exact) mass is 1320 g/mol. The highest BCUT2D eigenvalue weighted by Gasteiger charge is 2.72. The number of carbonyl (C=O) groups excluding carboxylic acids is 6. The molecule has 6 aromatic rings. The Hall–Kier alpha value is -8.60. The number of carboxylic acid groups (broad SMARTS) is 2. The first-order valence-corrected chi connectivity index (χ1v) is 33.1. The summed E-state index contributed by atoms with van der Waals surface area (Å²) in [5.41, 5.74) is 5.48. The molecule has 2 aliphatic carbocycles. The number of amides is 6. The molecule has 4 aromatic carbocycles. The minimum absolute atomic E-state index is 0.171. The van der Waals surface area contributed by atoms with Gasteiger partial charge in [-0.3, -0.25) is 48.0 Å². The first-order chi connectivity index (χ1) is 45.8. The van der Waals surface area contributed by atoms with Crippen molar-refractivity contribution in [3.63, 3.8) is 0 Å². The Balaban J connectivity index is 0.000000145. The number of carbonyl (C=O) groups is 8. The van der Waals surface area contributed by atoms with Crippen LogP contribution in [0.25, 0.3) is 21.8 Å². The highest BCUT2D eigenvalue weighted by Crippen LogP contribution is 2.50. The van der Waals surface area contributed by atoms with Gasteiger partial charge in [0.05, 0.1) is 11.8 Å². The van der Waals surface area contributed by atoms with E-state index in [4.69, 9.17) is 29.9 Å². The zero-order valence-electron chi connectivity index (χ0n) is 53.7. The number of hydrogen-bond acceptors (Lipinski definition) is 16. The van der Waals surface area contributed by atoms with Crippen LogP contribution >= 0.6 is 0 Å². The summed E-state index contributed by atoms with van der Waals surface area (Å²) in [5.74, 6) is -10.2. The van der Waals surface area contributed by atoms with Crippen molar-refractivity contribution in [2.24, 2.45) is 11.8 Å². The Morgan fingerprint density at radius 1 is 0.573 bits per heavy atom. The molecule has 96 heavy (non-hydrogen) atoms. The van der Waals surface area contributed by atoms with Gasteiger partial charge in [-0.1, -0.05) is 84.9 Å². The lowest BCUT2D eigenvalue weighted by Crippen LogP contribution is -2.71. The molecule has 0 bridgehead atoms. The summed E-state index contributed by atoms with van der Waals surface area (Å²) in [6.07, 6.45) is 5.72. The minimum Gasteiger partial charge on any atom is -0.479 e. The number of aliphatic carboxylic acids is 2. The second-order valence-electron chi connectivity index (χ2n) is 27.9. The summed E-state index contributed by atoms with van der Waals surface area (Å²) >= 11 is 0. The standard InChI is InChI=1S/2C33H37N5O5.C4H6O6/c2*1-32(35-29(39)21-15-23-22-10-6-11-24-28(22)20(17-34-24)16-25(23)36(2)18-21)31(41)38-26(14-19-8-4-3-5-9-19)30(40)37-13-7-12-27(37)33(38,42)43-32;5-1(3(7)8)2(6)4(9)10/h2*3-6,8-11,17,21,23,25-27,34,42H,7,12-16,18H2,1-2H3,(H,35,39);1-2,5-6H,(H,7,8)(H,9,10). The van der Waals surface area contributed by atoms with Crippen LogP contribution in [0.1, 0.15) is 97.6 Å². The molecular weight excluding hydrogens is 1240 g/mol. The van der Waals surface area contributed by atoms with E-state index in [0.29, 0.717) is 64.7 Å². The molecule has 16 atom stereocenters. The molecule has 8 fully saturated rings. The van der Waals surface area contributed by atoms with Gasteiger partial charge >= 0.3 is 11.9 Å². The van der Waals surface area contributed by atoms with Gasteiger partial charge in [0.2, 0.25) is 35.1 Å². The Bertz CT molecular complexity index is 3850. The van der Waals surface area contributed by atoms with Gasteiger partial charge in [-0.25, -0.2) is 9.59 Å². The van der Waals surface area contributed by atoms with Crippen LogP contribution in [0.2, 0.25) is 0 Å². The molecule has 6 amide bonds. The maximum absolute atomic E-state index is 14.2. The number of aliphatic hydroxyl groups is 4. The highest BCUT2D eigenvalue weighted by atomic mass is 16.7. The SMILES string of the molecule is CN1CC(C(=O)NC2(C)OC3(O)C4CCCN4C(=O)C(Cc4ccccc4)N3C2=O)CC2c3cccc4[nH]cc(c34)CC21.CN1CC(C(=O)NC2(C)OC3(O)C4CCCN4C(=O)C(Cc4ccccc4)N3C2=O)CC2c3cccc4[nH]cc(c34)CC21.O=C(O)C(O)C(O)C(=O)O. The van der Waals surface area contributed by atoms with Gasteiger partial charge in [0.15, 0.2) is 12.2 Å². The van der Waals surface area contributed by atoms with E-state index in [1.807, 2.05) is 60.7 Å². The van der Waals surface area contributed by atoms with Crippen LogP contribution in [0, 0.1) is 11.8 Å². The average Bonchev–Trinajstić information content (AvgIpc) is 1.54. The van der Waals surface area contributed by atoms with Crippen molar-refractivity contribution in [1.82, 2.24) is 50.0 Å². The summed E-state index contributed by atoms with van der Waals surface area (Å²) in [4.78, 5) is 120. The first-order valence-electron chi connectivity index (χ1n) is 33.1. The van der Waals surface area contributed by atoms with Gasteiger partial charge in [0, 0.05) is 97.1 Å². The van der Waals surface area contributed by atoms with Gasteiger partial charge in [-0.15, -0.1) is 0 Å². The van der Waals surface area contributed by atoms with Crippen molar-refractivity contribution < 1.29 is 78.5 Å². The predicted molar refractivity (Wildman–Crippen MR) is 342 cm³/mol. The molecule has 2 aromatic heterocycles. The zero-order valence-corrected chi connectivity index (χ0v) is 53.7. The van der Waals surface area contributed by atoms with E-state index in [1.54, 1.807) is 9.80 Å². The lowest BCUT2D eigenvalue weighted by atomic mass is 9.72. The summed E-state index contributed by atoms with van der Waals surface area (Å²) in [6.45, 7) is 5.11. The lowest BCUT2D eigenvalue weighted by molar-refractivity contribution is -0.315. The molecule has 0 spiro atoms. The summed E-state index contributed by atoms with van der Waals surface area (Å²) in [5, 5.41) is 65.0. The fourth-order valence-electron chi connectivity index (χ4n) is 17.6. The number of piperidine rings is 2. The molecule has 10 heterocycles. The number of rotatable bonds is 11. The number of nitrogens with one attached hydrogen (secondary N) is 4. The fourth-order valence-corrected chi connectivity index (χ4v) is 17.6. The molecule has 26 nitrogen and oxygen atoms in total. The van der Waals surface area contributed by atoms with Crippen LogP contribution in [0.3, 0.4) is 0 Å². The molecular formula is C70H80N10O16. The van der Waals surface area contributed by atoms with Crippen LogP contribution in [-0.4, -0.2) is 229 Å². The number of H-pyrrole nitrogens is 2. The van der Waals surface area contributed by atoms with Crippen molar-refractivity contribution >= 4 is 69.2 Å². The largest absolute Gasteiger partial charge is 0.479 e. The van der Waals surface area contributed by atoms with Crippen molar-refractivity contribution in [2.75, 3.05) is 40.3 Å². The second kappa shape index (κ2) is 24.2. The first kappa shape index (κ1) is 64.7. The molecule has 16 unspecified atom stereocenters. The van der Waals surface area contributed by atoms with Gasteiger partial charge in [0.1, 0.15) is 24.2 Å². The number of aliphatic hydroxyl groups excluding tert-OH is 2. The number of carboxylic acids is 2. The third kappa shape index (κ3) is 10.6. The van der Waals surface area contributed by atoms with E-state index in [0.717, 1.165) is 35.0 Å². The Kier molecular flexibility index (Phi) is 16.3. The van der Waals surface area contributed by atoms with Gasteiger partial charge in [0.25, 0.3) is 23.6 Å². The highest BCUT2D eigenvalue weighted by molar-refractivity contribution is 5.99. The Labute approximate surface area is 552 Å². The molecule has 8 saturated heterocycles. The fraction of sp³-hybridized carbons (Fsp3) is 0.486. The smallest absolute Gasteiger partial charge is 0.335 e. The summed E-state index contributed by atoms with van der Waals surface area (Å²) in [7, 11) is 4.12. The molecule has 506 valence electrons. The number of ether oxygens (including phenoxy) is 2. The Morgan fingerprint density at radius 2 is 0.958 bits per heavy atom. The lowest BCUT2D eigenvalue weighted by Gasteiger charge is -2.48. The van der Waals surface area contributed by atoms with E-state index in [2.05, 4.69) is 93.3 Å². The maximum Gasteiger partial charge on any atom is 0.335 e. The van der Waals surface area contributed by atoms with E-state index < -0.39 is 83.4 Å². The normalized spacial score (nSPS) is 33.2. The number of piperazine rings is 2. The topological polar surface area (TPSA) is 351 Å². The van der Waals surface area contributed by atoms with Crippen LogP contribution in [0.4, 0.5) is 0 Å². The number of likely N-dealkylation sites (N-methyl/N-ethyl adjacent to an activating group) is 2. The van der Waals surface area contributed by atoms with Crippen molar-refractivity contribution in [3.05, 3.63) is 143 Å². The van der Waals surface area contributed by atoms with Crippen molar-refractivity contribution in [1.29, 1.82) is 0 Å².